The number of likely N-dealkylation sites (tertiary alicyclic amines) is 1. The highest BCUT2D eigenvalue weighted by atomic mass is 19.4. The van der Waals surface area contributed by atoms with Gasteiger partial charge in [0.1, 0.15) is 0 Å². The largest absolute Gasteiger partial charge is 0.471 e. The highest BCUT2D eigenvalue weighted by molar-refractivity contribution is 5.82. The monoisotopic (exact) mass is 254 g/mol. The topological polar surface area (TPSA) is 43.8 Å². The molecule has 0 bridgehead atoms. The predicted molar refractivity (Wildman–Crippen MR) is 55.4 cm³/mol. The Morgan fingerprint density at radius 3 is 2.71 bits per heavy atom. The molecule has 1 aliphatic heterocycles. The summed E-state index contributed by atoms with van der Waals surface area (Å²) in [6.07, 6.45) is -3.62. The third kappa shape index (κ3) is 3.85. The van der Waals surface area contributed by atoms with Gasteiger partial charge in [0.05, 0.1) is 6.61 Å². The molecule has 7 heteroatoms. The number of aliphatic hydroxyl groups is 1. The van der Waals surface area contributed by atoms with Gasteiger partial charge in [-0.25, -0.2) is 0 Å². The van der Waals surface area contributed by atoms with Crippen LogP contribution in [0, 0.1) is 0 Å². The molecular formula is C10H17F3N2O2. The predicted octanol–water partition coefficient (Wildman–Crippen LogP) is 0.464. The van der Waals surface area contributed by atoms with Crippen molar-refractivity contribution < 1.29 is 23.1 Å². The molecule has 100 valence electrons. The molecule has 1 aliphatic rings. The number of carbonyl (C=O) groups is 1. The van der Waals surface area contributed by atoms with E-state index < -0.39 is 18.1 Å². The second-order valence-corrected chi connectivity index (χ2v) is 4.28. The van der Waals surface area contributed by atoms with E-state index in [1.165, 1.54) is 0 Å². The SMILES string of the molecule is CN(CCO)CC1CCCN1C(=O)C(F)(F)F. The van der Waals surface area contributed by atoms with Crippen LogP contribution >= 0.6 is 0 Å². The van der Waals surface area contributed by atoms with Crippen LogP contribution in [0.1, 0.15) is 12.8 Å². The van der Waals surface area contributed by atoms with Gasteiger partial charge >= 0.3 is 12.1 Å². The number of rotatable bonds is 4. The van der Waals surface area contributed by atoms with Crippen LogP contribution in [0.15, 0.2) is 0 Å². The second-order valence-electron chi connectivity index (χ2n) is 4.28. The summed E-state index contributed by atoms with van der Waals surface area (Å²) >= 11 is 0. The lowest BCUT2D eigenvalue weighted by Crippen LogP contribution is -2.47. The van der Waals surface area contributed by atoms with Crippen molar-refractivity contribution in [2.45, 2.75) is 25.1 Å². The summed E-state index contributed by atoms with van der Waals surface area (Å²) in [7, 11) is 1.71. The summed E-state index contributed by atoms with van der Waals surface area (Å²) in [6.45, 7) is 0.874. The van der Waals surface area contributed by atoms with Gasteiger partial charge in [0.25, 0.3) is 0 Å². The minimum atomic E-state index is -4.79. The van der Waals surface area contributed by atoms with Crippen molar-refractivity contribution in [2.24, 2.45) is 0 Å². The van der Waals surface area contributed by atoms with Crippen molar-refractivity contribution in [2.75, 3.05) is 33.3 Å². The highest BCUT2D eigenvalue weighted by Crippen LogP contribution is 2.25. The van der Waals surface area contributed by atoms with Gasteiger partial charge < -0.3 is 14.9 Å². The average molecular weight is 254 g/mol. The quantitative estimate of drug-likeness (QED) is 0.793. The zero-order chi connectivity index (χ0) is 13.1. The molecular weight excluding hydrogens is 237 g/mol. The molecule has 0 aromatic rings. The summed E-state index contributed by atoms with van der Waals surface area (Å²) in [5, 5.41) is 8.71. The van der Waals surface area contributed by atoms with Crippen LogP contribution in [-0.2, 0) is 4.79 Å². The van der Waals surface area contributed by atoms with Crippen LogP contribution in [0.3, 0.4) is 0 Å². The van der Waals surface area contributed by atoms with E-state index in [2.05, 4.69) is 0 Å². The molecule has 0 aromatic heterocycles. The molecule has 4 nitrogen and oxygen atoms in total. The molecule has 17 heavy (non-hydrogen) atoms. The van der Waals surface area contributed by atoms with Gasteiger partial charge in [0.2, 0.25) is 0 Å². The minimum absolute atomic E-state index is 0.0452. The van der Waals surface area contributed by atoms with Crippen molar-refractivity contribution >= 4 is 5.91 Å². The fraction of sp³-hybridized carbons (Fsp3) is 0.900. The van der Waals surface area contributed by atoms with E-state index in [-0.39, 0.29) is 13.2 Å². The van der Waals surface area contributed by atoms with Crippen molar-refractivity contribution in [1.29, 1.82) is 0 Å². The Morgan fingerprint density at radius 1 is 1.53 bits per heavy atom. The van der Waals surface area contributed by atoms with Crippen LogP contribution in [0.5, 0.6) is 0 Å². The number of halogens is 3. The molecule has 0 aromatic carbocycles. The summed E-state index contributed by atoms with van der Waals surface area (Å²) in [5.41, 5.74) is 0. The number of likely N-dealkylation sites (N-methyl/N-ethyl adjacent to an activating group) is 1. The number of nitrogens with zero attached hydrogens (tertiary/aromatic N) is 2. The Hall–Kier alpha value is -0.820. The first-order chi connectivity index (χ1) is 7.86. The summed E-state index contributed by atoms with van der Waals surface area (Å²) in [5.74, 6) is -1.75. The normalized spacial score (nSPS) is 21.3. The zero-order valence-corrected chi connectivity index (χ0v) is 9.70. The summed E-state index contributed by atoms with van der Waals surface area (Å²) in [4.78, 5) is 13.8. The Balaban J connectivity index is 2.58. The fourth-order valence-corrected chi connectivity index (χ4v) is 2.08. The molecule has 1 fully saturated rings. The standard InChI is InChI=1S/C10H17F3N2O2/c1-14(5-6-16)7-8-3-2-4-15(8)9(17)10(11,12)13/h8,16H,2-7H2,1H3. The number of hydrogen-bond donors (Lipinski definition) is 1. The second kappa shape index (κ2) is 5.68. The Morgan fingerprint density at radius 2 is 2.18 bits per heavy atom. The molecule has 0 aliphatic carbocycles. The summed E-state index contributed by atoms with van der Waals surface area (Å²) in [6, 6.07) is -0.402. The highest BCUT2D eigenvalue weighted by Gasteiger charge is 2.45. The van der Waals surface area contributed by atoms with Crippen molar-refractivity contribution in [3.63, 3.8) is 0 Å². The Kier molecular flexibility index (Phi) is 4.76. The van der Waals surface area contributed by atoms with E-state index in [1.807, 2.05) is 0 Å². The molecule has 0 radical (unpaired) electrons. The van der Waals surface area contributed by atoms with E-state index in [1.54, 1.807) is 11.9 Å². The van der Waals surface area contributed by atoms with Gasteiger partial charge in [-0.05, 0) is 19.9 Å². The third-order valence-electron chi connectivity index (χ3n) is 2.88. The third-order valence-corrected chi connectivity index (χ3v) is 2.88. The van der Waals surface area contributed by atoms with E-state index in [4.69, 9.17) is 5.11 Å². The van der Waals surface area contributed by atoms with Crippen molar-refractivity contribution in [3.8, 4) is 0 Å². The number of amides is 1. The van der Waals surface area contributed by atoms with Gasteiger partial charge in [0.15, 0.2) is 0 Å². The first-order valence-electron chi connectivity index (χ1n) is 5.53. The molecule has 1 heterocycles. The van der Waals surface area contributed by atoms with Gasteiger partial charge in [-0.1, -0.05) is 0 Å². The zero-order valence-electron chi connectivity index (χ0n) is 9.70. The minimum Gasteiger partial charge on any atom is -0.395 e. The maximum atomic E-state index is 12.3. The molecule has 1 amide bonds. The Labute approximate surface area is 98.0 Å². The van der Waals surface area contributed by atoms with E-state index in [9.17, 15) is 18.0 Å². The van der Waals surface area contributed by atoms with E-state index >= 15 is 0 Å². The maximum absolute atomic E-state index is 12.3. The van der Waals surface area contributed by atoms with Crippen LogP contribution in [0.25, 0.3) is 0 Å². The first-order valence-corrected chi connectivity index (χ1v) is 5.53. The van der Waals surface area contributed by atoms with Gasteiger partial charge in [-0.3, -0.25) is 4.79 Å². The van der Waals surface area contributed by atoms with Gasteiger partial charge in [0, 0.05) is 25.7 Å². The van der Waals surface area contributed by atoms with Gasteiger partial charge in [-0.2, -0.15) is 13.2 Å². The number of alkyl halides is 3. The van der Waals surface area contributed by atoms with Crippen LogP contribution in [-0.4, -0.2) is 66.3 Å². The number of aliphatic hydroxyl groups excluding tert-OH is 1. The lowest BCUT2D eigenvalue weighted by Gasteiger charge is -2.28. The number of carbonyl (C=O) groups excluding carboxylic acids is 1. The maximum Gasteiger partial charge on any atom is 0.471 e. The molecule has 0 saturated carbocycles. The lowest BCUT2D eigenvalue weighted by atomic mass is 10.2. The summed E-state index contributed by atoms with van der Waals surface area (Å²) < 4.78 is 36.9. The smallest absolute Gasteiger partial charge is 0.395 e. The fourth-order valence-electron chi connectivity index (χ4n) is 2.08. The van der Waals surface area contributed by atoms with E-state index in [0.29, 0.717) is 25.9 Å². The average Bonchev–Trinajstić information content (AvgIpc) is 2.63. The molecule has 0 spiro atoms. The molecule has 1 rings (SSSR count). The molecule has 1 unspecified atom stereocenters. The van der Waals surface area contributed by atoms with Crippen molar-refractivity contribution in [1.82, 2.24) is 9.80 Å². The van der Waals surface area contributed by atoms with Crippen LogP contribution in [0.4, 0.5) is 13.2 Å². The van der Waals surface area contributed by atoms with Crippen molar-refractivity contribution in [3.05, 3.63) is 0 Å². The number of hydrogen-bond acceptors (Lipinski definition) is 3. The molecule has 1 saturated heterocycles. The Bertz CT molecular complexity index is 271. The molecule has 1 N–H and O–H groups in total. The van der Waals surface area contributed by atoms with Gasteiger partial charge in [-0.15, -0.1) is 0 Å². The van der Waals surface area contributed by atoms with E-state index in [0.717, 1.165) is 4.90 Å². The van der Waals surface area contributed by atoms with Crippen LogP contribution in [0.2, 0.25) is 0 Å². The first kappa shape index (κ1) is 14.2. The van der Waals surface area contributed by atoms with Crippen LogP contribution < -0.4 is 0 Å². The lowest BCUT2D eigenvalue weighted by molar-refractivity contribution is -0.186. The molecule has 1 atom stereocenters.